The molecule has 0 unspecified atom stereocenters. The molecule has 6 bridgehead atoms. The first kappa shape index (κ1) is 46.4. The van der Waals surface area contributed by atoms with Crippen molar-refractivity contribution in [2.75, 3.05) is 40.4 Å². The third kappa shape index (κ3) is 9.57. The molecule has 340 valence electrons. The van der Waals surface area contributed by atoms with Gasteiger partial charge in [0.15, 0.2) is 0 Å². The van der Waals surface area contributed by atoms with Gasteiger partial charge < -0.3 is 29.2 Å². The lowest BCUT2D eigenvalue weighted by Crippen LogP contribution is -2.62. The second-order valence-corrected chi connectivity index (χ2v) is 19.3. The fourth-order valence-electron chi connectivity index (χ4n) is 9.31. The number of esters is 1. The van der Waals surface area contributed by atoms with E-state index in [1.54, 1.807) is 32.2 Å². The molecule has 1 aromatic carbocycles. The molecule has 2 N–H and O–H groups in total. The van der Waals surface area contributed by atoms with Crippen LogP contribution < -0.4 is 10.7 Å². The number of nitrogens with zero attached hydrogens (tertiary/aromatic N) is 6. The molecule has 7 rings (SSSR count). The summed E-state index contributed by atoms with van der Waals surface area (Å²) >= 11 is 1.40. The molecule has 6 heterocycles. The molecule has 0 aliphatic carbocycles. The van der Waals surface area contributed by atoms with Crippen LogP contribution >= 0.6 is 11.3 Å². The van der Waals surface area contributed by atoms with E-state index in [-0.39, 0.29) is 43.4 Å². The maximum Gasteiger partial charge on any atom is 0.324 e. The zero-order valence-electron chi connectivity index (χ0n) is 38.3. The minimum absolute atomic E-state index is 0.0712. The first-order valence-corrected chi connectivity index (χ1v) is 23.0. The smallest absolute Gasteiger partial charge is 0.324 e. The van der Waals surface area contributed by atoms with Crippen molar-refractivity contribution in [3.8, 4) is 34.4 Å². The van der Waals surface area contributed by atoms with Crippen LogP contribution in [0.2, 0.25) is 0 Å². The van der Waals surface area contributed by atoms with Crippen LogP contribution in [0, 0.1) is 29.1 Å². The molecule has 2 fully saturated rings. The highest BCUT2D eigenvalue weighted by atomic mass is 32.1. The number of hydrazine groups is 1. The Labute approximate surface area is 379 Å². The molecule has 16 heteroatoms. The number of aromatic nitrogens is 3. The number of rotatable bonds is 8. The molecule has 3 aliphatic rings. The Hall–Kier alpha value is -5.63. The summed E-state index contributed by atoms with van der Waals surface area (Å²) in [5.74, 6) is 2.39. The Morgan fingerprint density at radius 3 is 2.64 bits per heavy atom. The maximum absolute atomic E-state index is 14.6. The van der Waals surface area contributed by atoms with E-state index >= 15 is 0 Å². The van der Waals surface area contributed by atoms with Crippen LogP contribution in [-0.2, 0) is 53.3 Å². The minimum Gasteiger partial charge on any atom is -0.464 e. The van der Waals surface area contributed by atoms with E-state index < -0.39 is 47.2 Å². The fraction of sp³-hybridized carbons (Fsp3) is 0.521. The van der Waals surface area contributed by atoms with Crippen LogP contribution in [0.25, 0.3) is 33.4 Å². The van der Waals surface area contributed by atoms with E-state index in [0.29, 0.717) is 43.8 Å². The van der Waals surface area contributed by atoms with E-state index in [1.807, 2.05) is 38.3 Å². The lowest BCUT2D eigenvalue weighted by atomic mass is 9.84. The first-order valence-electron chi connectivity index (χ1n) is 22.1. The summed E-state index contributed by atoms with van der Waals surface area (Å²) in [4.78, 5) is 82.0. The van der Waals surface area contributed by atoms with Gasteiger partial charge in [-0.05, 0) is 81.2 Å². The molecule has 5 atom stereocenters. The molecule has 3 aliphatic heterocycles. The zero-order valence-corrected chi connectivity index (χ0v) is 39.1. The number of pyridine rings is 1. The number of carbonyl (C=O) groups excluding carboxylic acids is 5. The van der Waals surface area contributed by atoms with E-state index in [0.717, 1.165) is 44.7 Å². The lowest BCUT2D eigenvalue weighted by Gasteiger charge is -2.36. The number of methoxy groups -OCH3 is 1. The molecule has 3 aromatic heterocycles. The van der Waals surface area contributed by atoms with Crippen molar-refractivity contribution in [3.05, 3.63) is 58.2 Å². The van der Waals surface area contributed by atoms with Gasteiger partial charge in [-0.15, -0.1) is 11.3 Å². The van der Waals surface area contributed by atoms with Crippen molar-refractivity contribution in [1.29, 1.82) is 0 Å². The molecule has 0 spiro atoms. The third-order valence-corrected chi connectivity index (χ3v) is 13.6. The van der Waals surface area contributed by atoms with Crippen molar-refractivity contribution in [1.82, 2.24) is 40.1 Å². The number of hydrogen-bond donors (Lipinski definition) is 2. The number of benzene rings is 1. The molecule has 15 nitrogen and oxygen atoms in total. The number of amides is 4. The second kappa shape index (κ2) is 19.2. The van der Waals surface area contributed by atoms with Gasteiger partial charge >= 0.3 is 5.97 Å². The van der Waals surface area contributed by atoms with Gasteiger partial charge in [-0.2, -0.15) is 0 Å². The van der Waals surface area contributed by atoms with Gasteiger partial charge in [0.25, 0.3) is 11.8 Å². The van der Waals surface area contributed by atoms with Gasteiger partial charge in [0.05, 0.1) is 40.7 Å². The number of nitrogens with one attached hydrogen (secondary N) is 2. The van der Waals surface area contributed by atoms with Crippen LogP contribution in [0.15, 0.2) is 41.9 Å². The molecule has 64 heavy (non-hydrogen) atoms. The van der Waals surface area contributed by atoms with Gasteiger partial charge in [-0.25, -0.2) is 10.4 Å². The highest BCUT2D eigenvalue weighted by Gasteiger charge is 2.40. The summed E-state index contributed by atoms with van der Waals surface area (Å²) in [6, 6.07) is 7.50. The average molecular weight is 893 g/mol. The molecule has 2 saturated heterocycles. The Morgan fingerprint density at radius 2 is 1.91 bits per heavy atom. The van der Waals surface area contributed by atoms with Gasteiger partial charge in [0.2, 0.25) is 11.8 Å². The van der Waals surface area contributed by atoms with Crippen molar-refractivity contribution in [2.45, 2.75) is 97.9 Å². The lowest BCUT2D eigenvalue weighted by molar-refractivity contribution is -0.155. The number of likely N-dealkylation sites (tertiary alicyclic amines) is 1. The quantitative estimate of drug-likeness (QED) is 0.180. The molecule has 4 amide bonds. The molecule has 4 aromatic rings. The zero-order chi connectivity index (χ0) is 46.0. The van der Waals surface area contributed by atoms with E-state index in [2.05, 4.69) is 66.2 Å². The Balaban J connectivity index is 1.25. The van der Waals surface area contributed by atoms with Gasteiger partial charge in [0, 0.05) is 86.3 Å². The molecular formula is C48H60N8O7S. The first-order chi connectivity index (χ1) is 30.5. The predicted octanol–water partition coefficient (Wildman–Crippen LogP) is 5.07. The summed E-state index contributed by atoms with van der Waals surface area (Å²) in [5, 5.41) is 8.04. The number of cyclic esters (lactones) is 1. The summed E-state index contributed by atoms with van der Waals surface area (Å²) in [6.07, 6.45) is 3.62. The predicted molar refractivity (Wildman–Crippen MR) is 244 cm³/mol. The number of thiazole rings is 1. The summed E-state index contributed by atoms with van der Waals surface area (Å²) in [5.41, 5.74) is 9.11. The fourth-order valence-corrected chi connectivity index (χ4v) is 10.2. The molecule has 0 radical (unpaired) electrons. The molecule has 0 saturated carbocycles. The average Bonchev–Trinajstić information content (AvgIpc) is 4.03. The Morgan fingerprint density at radius 1 is 1.12 bits per heavy atom. The number of aryl methyl sites for hydroxylation is 1. The second-order valence-electron chi connectivity index (χ2n) is 18.3. The van der Waals surface area contributed by atoms with Crippen LogP contribution in [-0.4, -0.2) is 117 Å². The van der Waals surface area contributed by atoms with Gasteiger partial charge in [-0.3, -0.25) is 34.0 Å². The van der Waals surface area contributed by atoms with Crippen molar-refractivity contribution in [3.63, 3.8) is 0 Å². The molecular weight excluding hydrogens is 833 g/mol. The van der Waals surface area contributed by atoms with Crippen LogP contribution in [0.5, 0.6) is 0 Å². The summed E-state index contributed by atoms with van der Waals surface area (Å²) < 4.78 is 14.0. The van der Waals surface area contributed by atoms with Crippen LogP contribution in [0.4, 0.5) is 0 Å². The van der Waals surface area contributed by atoms with E-state index in [1.165, 1.54) is 21.2 Å². The van der Waals surface area contributed by atoms with Crippen LogP contribution in [0.1, 0.15) is 83.2 Å². The third-order valence-electron chi connectivity index (χ3n) is 12.7. The maximum atomic E-state index is 14.6. The Bertz CT molecular complexity index is 2500. The van der Waals surface area contributed by atoms with Crippen LogP contribution in [0.3, 0.4) is 0 Å². The van der Waals surface area contributed by atoms with E-state index in [4.69, 9.17) is 19.4 Å². The van der Waals surface area contributed by atoms with Gasteiger partial charge in [0.1, 0.15) is 18.1 Å². The van der Waals surface area contributed by atoms with Crippen molar-refractivity contribution >= 4 is 51.8 Å². The highest BCUT2D eigenvalue weighted by molar-refractivity contribution is 7.10. The normalized spacial score (nSPS) is 21.1. The number of carbonyl (C=O) groups is 5. The topological polar surface area (TPSA) is 168 Å². The number of fused-ring (bicyclic) bond motifs is 6. The van der Waals surface area contributed by atoms with E-state index in [9.17, 15) is 24.0 Å². The number of ether oxygens (including phenoxy) is 2. The minimum atomic E-state index is -1.09. The summed E-state index contributed by atoms with van der Waals surface area (Å²) in [6.45, 7) is 12.5. The monoisotopic (exact) mass is 892 g/mol. The standard InChI is InChI=1S/C48H60N8O7S/c1-10-13-40(57)55-21-18-31(25-55)45(59)54(8)42(28(2)3)44(58)51-36-23-39-50-37(26-64-39)30-16-17-38-33(22-30)34(43(53(38)7)32-14-11-19-49-41(32)29(4)62-9)24-48(5,6)27-63-47(61)35-15-12-20-56(52-35)46(36)60/h11,14,16-17,19,22,26,28-29,31,35-36,42,52H,12,15,18,20-21,23-25,27H2,1-9H3,(H,51,58)/t29-,31-,35-,36-,42-/m0/s1. The van der Waals surface area contributed by atoms with Crippen molar-refractivity contribution in [2.24, 2.45) is 24.3 Å². The van der Waals surface area contributed by atoms with Crippen molar-refractivity contribution < 1.29 is 33.4 Å². The highest BCUT2D eigenvalue weighted by Crippen LogP contribution is 2.41. The summed E-state index contributed by atoms with van der Waals surface area (Å²) in [7, 11) is 5.32. The number of likely N-dealkylation sites (N-methyl/N-ethyl adjacent to an activating group) is 1. The Kier molecular flexibility index (Phi) is 13.9. The SMILES string of the molecule is CC#CC(=O)N1CC[C@H](C(=O)N(C)[C@H](C(=O)N[C@H]2Cc3nc(cs3)-c3ccc4c(c3)c(c(-c3cccnc3[C@H](C)OC)n4C)CC(C)(C)COC(=O)[C@@H]3CCCN(N3)C2=O)C(C)C)C1. The van der Waals surface area contributed by atoms with Gasteiger partial charge in [-0.1, -0.05) is 39.7 Å². The number of hydrogen-bond acceptors (Lipinski definition) is 11. The largest absolute Gasteiger partial charge is 0.464 e.